The Hall–Kier alpha value is -1.65. The Kier molecular flexibility index (Phi) is 4.49. The number of nitrogens with one attached hydrogen (secondary N) is 1. The molecule has 0 aliphatic rings. The van der Waals surface area contributed by atoms with Crippen molar-refractivity contribution in [3.63, 3.8) is 0 Å². The van der Waals surface area contributed by atoms with Gasteiger partial charge >= 0.3 is 0 Å². The van der Waals surface area contributed by atoms with Crippen LogP contribution in [-0.2, 0) is 18.9 Å². The smallest absolute Gasteiger partial charge is 0.0596 e. The van der Waals surface area contributed by atoms with Crippen LogP contribution in [0.1, 0.15) is 49.3 Å². The Balaban J connectivity index is 2.20. The quantitative estimate of drug-likeness (QED) is 0.671. The molecule has 1 aromatic heterocycles. The molecule has 1 heterocycles. The van der Waals surface area contributed by atoms with Crippen LogP contribution in [0.4, 0.5) is 0 Å². The monoisotopic (exact) mass is 286 g/mol. The van der Waals surface area contributed by atoms with Crippen LogP contribution < -0.4 is 11.3 Å². The Labute approximate surface area is 127 Å². The van der Waals surface area contributed by atoms with Crippen molar-refractivity contribution in [2.45, 2.75) is 45.6 Å². The van der Waals surface area contributed by atoms with Crippen molar-refractivity contribution in [2.24, 2.45) is 12.9 Å². The second kappa shape index (κ2) is 6.00. The second-order valence-electron chi connectivity index (χ2n) is 6.70. The van der Waals surface area contributed by atoms with E-state index in [0.717, 1.165) is 12.1 Å². The van der Waals surface area contributed by atoms with Crippen LogP contribution in [0.5, 0.6) is 0 Å². The molecular weight excluding hydrogens is 260 g/mol. The van der Waals surface area contributed by atoms with Crippen molar-refractivity contribution in [3.8, 4) is 0 Å². The largest absolute Gasteiger partial charge is 0.272 e. The summed E-state index contributed by atoms with van der Waals surface area (Å²) in [5, 5.41) is 4.39. The van der Waals surface area contributed by atoms with Gasteiger partial charge in [-0.1, -0.05) is 45.0 Å². The van der Waals surface area contributed by atoms with E-state index in [-0.39, 0.29) is 11.5 Å². The molecule has 0 saturated heterocycles. The molecule has 0 fully saturated rings. The molecule has 1 aromatic carbocycles. The number of nitrogens with zero attached hydrogens (tertiary/aromatic N) is 2. The molecule has 4 heteroatoms. The topological polar surface area (TPSA) is 55.9 Å². The number of benzene rings is 1. The van der Waals surface area contributed by atoms with Gasteiger partial charge in [0.25, 0.3) is 0 Å². The van der Waals surface area contributed by atoms with E-state index in [1.165, 1.54) is 16.8 Å². The third-order valence-electron chi connectivity index (χ3n) is 3.89. The van der Waals surface area contributed by atoms with Gasteiger partial charge in [-0.2, -0.15) is 5.10 Å². The summed E-state index contributed by atoms with van der Waals surface area (Å²) in [6, 6.07) is 10.9. The van der Waals surface area contributed by atoms with E-state index < -0.39 is 0 Å². The number of hydrogen-bond acceptors (Lipinski definition) is 3. The van der Waals surface area contributed by atoms with E-state index in [0.29, 0.717) is 0 Å². The lowest BCUT2D eigenvalue weighted by atomic mass is 9.86. The number of hydrogen-bond donors (Lipinski definition) is 2. The van der Waals surface area contributed by atoms with Crippen LogP contribution in [0.3, 0.4) is 0 Å². The fourth-order valence-corrected chi connectivity index (χ4v) is 2.55. The molecule has 0 aliphatic carbocycles. The average molecular weight is 286 g/mol. The van der Waals surface area contributed by atoms with Crippen molar-refractivity contribution in [1.82, 2.24) is 15.2 Å². The first-order chi connectivity index (χ1) is 9.81. The minimum absolute atomic E-state index is 0.0915. The van der Waals surface area contributed by atoms with Crippen molar-refractivity contribution >= 4 is 0 Å². The second-order valence-corrected chi connectivity index (χ2v) is 6.70. The molecule has 4 nitrogen and oxygen atoms in total. The summed E-state index contributed by atoms with van der Waals surface area (Å²) >= 11 is 0. The molecule has 0 bridgehead atoms. The number of aromatic nitrogens is 2. The predicted molar refractivity (Wildman–Crippen MR) is 86.9 cm³/mol. The van der Waals surface area contributed by atoms with Crippen LogP contribution in [0.2, 0.25) is 0 Å². The van der Waals surface area contributed by atoms with Crippen LogP contribution in [0.25, 0.3) is 0 Å². The molecule has 2 rings (SSSR count). The van der Waals surface area contributed by atoms with Crippen LogP contribution in [0, 0.1) is 6.92 Å². The molecule has 0 aliphatic heterocycles. The van der Waals surface area contributed by atoms with E-state index in [4.69, 9.17) is 5.84 Å². The summed E-state index contributed by atoms with van der Waals surface area (Å²) < 4.78 is 1.92. The van der Waals surface area contributed by atoms with Gasteiger partial charge in [-0.15, -0.1) is 0 Å². The Morgan fingerprint density at radius 3 is 2.29 bits per heavy atom. The Bertz CT molecular complexity index is 590. The number of rotatable bonds is 4. The number of hydrazine groups is 1. The summed E-state index contributed by atoms with van der Waals surface area (Å²) in [6.45, 7) is 8.67. The van der Waals surface area contributed by atoms with Gasteiger partial charge in [0, 0.05) is 19.2 Å². The lowest BCUT2D eigenvalue weighted by Crippen LogP contribution is -2.30. The van der Waals surface area contributed by atoms with Crippen molar-refractivity contribution in [3.05, 3.63) is 52.8 Å². The van der Waals surface area contributed by atoms with E-state index >= 15 is 0 Å². The van der Waals surface area contributed by atoms with Gasteiger partial charge in [0.2, 0.25) is 0 Å². The maximum absolute atomic E-state index is 5.75. The predicted octanol–water partition coefficient (Wildman–Crippen LogP) is 2.77. The Morgan fingerprint density at radius 2 is 1.86 bits per heavy atom. The summed E-state index contributed by atoms with van der Waals surface area (Å²) in [4.78, 5) is 0. The third kappa shape index (κ3) is 3.71. The van der Waals surface area contributed by atoms with E-state index in [1.54, 1.807) is 0 Å². The zero-order chi connectivity index (χ0) is 15.6. The molecular formula is C17H26N4. The van der Waals surface area contributed by atoms with Gasteiger partial charge in [0.15, 0.2) is 0 Å². The minimum Gasteiger partial charge on any atom is -0.272 e. The first-order valence-electron chi connectivity index (χ1n) is 7.37. The van der Waals surface area contributed by atoms with Gasteiger partial charge in [-0.3, -0.25) is 16.0 Å². The molecule has 0 spiro atoms. The van der Waals surface area contributed by atoms with Gasteiger partial charge in [0.1, 0.15) is 0 Å². The molecule has 1 unspecified atom stereocenters. The fourth-order valence-electron chi connectivity index (χ4n) is 2.55. The summed E-state index contributed by atoms with van der Waals surface area (Å²) in [5.41, 5.74) is 7.83. The van der Waals surface area contributed by atoms with E-state index in [2.05, 4.69) is 61.6 Å². The van der Waals surface area contributed by atoms with Crippen LogP contribution >= 0.6 is 0 Å². The lowest BCUT2D eigenvalue weighted by molar-refractivity contribution is 0.528. The highest BCUT2D eigenvalue weighted by Crippen LogP contribution is 2.25. The molecule has 0 amide bonds. The number of aryl methyl sites for hydroxylation is 2. The fraction of sp³-hybridized carbons (Fsp3) is 0.471. The molecule has 0 saturated carbocycles. The third-order valence-corrected chi connectivity index (χ3v) is 3.89. The van der Waals surface area contributed by atoms with Crippen molar-refractivity contribution < 1.29 is 0 Å². The standard InChI is InChI=1S/C17H26N4/c1-12-10-15(21(5)20-12)11-16(19-18)13-6-8-14(9-7-13)17(2,3)4/h6-10,16,19H,11,18H2,1-5H3. The molecule has 1 atom stereocenters. The maximum Gasteiger partial charge on any atom is 0.0596 e. The highest BCUT2D eigenvalue weighted by atomic mass is 15.3. The van der Waals surface area contributed by atoms with Crippen molar-refractivity contribution in [2.75, 3.05) is 0 Å². The summed E-state index contributed by atoms with van der Waals surface area (Å²) in [7, 11) is 1.97. The van der Waals surface area contributed by atoms with Crippen molar-refractivity contribution in [1.29, 1.82) is 0 Å². The average Bonchev–Trinajstić information content (AvgIpc) is 2.73. The van der Waals surface area contributed by atoms with Gasteiger partial charge in [-0.25, -0.2) is 0 Å². The van der Waals surface area contributed by atoms with Gasteiger partial charge in [0.05, 0.1) is 11.7 Å². The lowest BCUT2D eigenvalue weighted by Gasteiger charge is -2.21. The van der Waals surface area contributed by atoms with Gasteiger partial charge in [-0.05, 0) is 29.5 Å². The Morgan fingerprint density at radius 1 is 1.24 bits per heavy atom. The summed E-state index contributed by atoms with van der Waals surface area (Å²) in [6.07, 6.45) is 0.822. The van der Waals surface area contributed by atoms with Gasteiger partial charge < -0.3 is 0 Å². The first kappa shape index (κ1) is 15.7. The maximum atomic E-state index is 5.75. The minimum atomic E-state index is 0.0915. The molecule has 3 N–H and O–H groups in total. The van der Waals surface area contributed by atoms with E-state index in [1.807, 2.05) is 18.7 Å². The highest BCUT2D eigenvalue weighted by molar-refractivity contribution is 5.30. The van der Waals surface area contributed by atoms with E-state index in [9.17, 15) is 0 Å². The first-order valence-corrected chi connectivity index (χ1v) is 7.37. The molecule has 0 radical (unpaired) electrons. The molecule has 21 heavy (non-hydrogen) atoms. The molecule has 114 valence electrons. The number of nitrogens with two attached hydrogens (primary N) is 1. The molecule has 2 aromatic rings. The highest BCUT2D eigenvalue weighted by Gasteiger charge is 2.16. The summed E-state index contributed by atoms with van der Waals surface area (Å²) in [5.74, 6) is 5.75. The normalized spacial score (nSPS) is 13.4. The SMILES string of the molecule is Cc1cc(CC(NN)c2ccc(C(C)(C)C)cc2)n(C)n1. The van der Waals surface area contributed by atoms with Crippen LogP contribution in [0.15, 0.2) is 30.3 Å². The van der Waals surface area contributed by atoms with Crippen LogP contribution in [-0.4, -0.2) is 9.78 Å². The zero-order valence-corrected chi connectivity index (χ0v) is 13.6. The zero-order valence-electron chi connectivity index (χ0n) is 13.6.